The first-order valence-electron chi connectivity index (χ1n) is 5.09. The highest BCUT2D eigenvalue weighted by atomic mass is 32.1. The van der Waals surface area contributed by atoms with Crippen LogP contribution >= 0.6 is 11.3 Å². The van der Waals surface area contributed by atoms with E-state index in [0.717, 1.165) is 11.3 Å². The van der Waals surface area contributed by atoms with Gasteiger partial charge >= 0.3 is 6.16 Å². The van der Waals surface area contributed by atoms with E-state index in [0.29, 0.717) is 10.6 Å². The maximum atomic E-state index is 11.5. The standard InChI is InChI=1S/C11H8N2O5S/c1-7-4-8(13(15)16)2-3-9(7)17-11(14)18-10-5-12-6-19-10/h2-6H,1H3. The Labute approximate surface area is 111 Å². The van der Waals surface area contributed by atoms with E-state index in [2.05, 4.69) is 4.98 Å². The lowest BCUT2D eigenvalue weighted by atomic mass is 10.2. The Kier molecular flexibility index (Phi) is 3.71. The molecule has 1 aromatic carbocycles. The fourth-order valence-corrected chi connectivity index (χ4v) is 1.77. The second-order valence-electron chi connectivity index (χ2n) is 3.48. The maximum absolute atomic E-state index is 11.5. The van der Waals surface area contributed by atoms with Gasteiger partial charge in [0.25, 0.3) is 5.69 Å². The van der Waals surface area contributed by atoms with Gasteiger partial charge in [-0.3, -0.25) is 10.1 Å². The number of aryl methyl sites for hydroxylation is 1. The van der Waals surface area contributed by atoms with Crippen LogP contribution in [0.1, 0.15) is 5.56 Å². The highest BCUT2D eigenvalue weighted by Crippen LogP contribution is 2.24. The monoisotopic (exact) mass is 280 g/mol. The molecule has 7 nitrogen and oxygen atoms in total. The summed E-state index contributed by atoms with van der Waals surface area (Å²) in [5.41, 5.74) is 1.91. The van der Waals surface area contributed by atoms with Gasteiger partial charge in [0.05, 0.1) is 16.6 Å². The molecule has 0 saturated heterocycles. The number of nitro benzene ring substituents is 1. The minimum atomic E-state index is -0.916. The summed E-state index contributed by atoms with van der Waals surface area (Å²) in [5, 5.41) is 10.9. The molecule has 0 N–H and O–H groups in total. The van der Waals surface area contributed by atoms with E-state index in [-0.39, 0.29) is 11.4 Å². The molecule has 0 aliphatic heterocycles. The highest BCUT2D eigenvalue weighted by molar-refractivity contribution is 7.11. The van der Waals surface area contributed by atoms with Crippen LogP contribution in [0.5, 0.6) is 10.8 Å². The number of ether oxygens (including phenoxy) is 2. The van der Waals surface area contributed by atoms with Gasteiger partial charge in [-0.2, -0.15) is 0 Å². The summed E-state index contributed by atoms with van der Waals surface area (Å²) < 4.78 is 9.80. The lowest BCUT2D eigenvalue weighted by molar-refractivity contribution is -0.384. The quantitative estimate of drug-likeness (QED) is 0.371. The number of nitro groups is 1. The predicted octanol–water partition coefficient (Wildman–Crippen LogP) is 2.94. The van der Waals surface area contributed by atoms with Crippen LogP contribution in [0.15, 0.2) is 29.9 Å². The lowest BCUT2D eigenvalue weighted by Crippen LogP contribution is -2.13. The van der Waals surface area contributed by atoms with Crippen molar-refractivity contribution in [1.29, 1.82) is 0 Å². The third-order valence-corrected chi connectivity index (χ3v) is 2.80. The summed E-state index contributed by atoms with van der Waals surface area (Å²) in [7, 11) is 0. The fourth-order valence-electron chi connectivity index (χ4n) is 1.31. The van der Waals surface area contributed by atoms with E-state index in [4.69, 9.17) is 9.47 Å². The van der Waals surface area contributed by atoms with Crippen molar-refractivity contribution in [2.75, 3.05) is 0 Å². The lowest BCUT2D eigenvalue weighted by Gasteiger charge is -2.06. The first-order chi connectivity index (χ1) is 9.06. The van der Waals surface area contributed by atoms with Crippen molar-refractivity contribution >= 4 is 23.2 Å². The fraction of sp³-hybridized carbons (Fsp3) is 0.0909. The van der Waals surface area contributed by atoms with Crippen LogP contribution in [0.4, 0.5) is 10.5 Å². The largest absolute Gasteiger partial charge is 0.520 e. The van der Waals surface area contributed by atoms with Crippen LogP contribution in [-0.2, 0) is 0 Å². The van der Waals surface area contributed by atoms with Crippen molar-refractivity contribution in [3.63, 3.8) is 0 Å². The van der Waals surface area contributed by atoms with Gasteiger partial charge < -0.3 is 9.47 Å². The number of carbonyl (C=O) groups excluding carboxylic acids is 1. The van der Waals surface area contributed by atoms with Crippen LogP contribution in [0.25, 0.3) is 0 Å². The summed E-state index contributed by atoms with van der Waals surface area (Å²) >= 11 is 1.15. The van der Waals surface area contributed by atoms with Crippen molar-refractivity contribution in [2.45, 2.75) is 6.92 Å². The molecule has 2 rings (SSSR count). The molecule has 8 heteroatoms. The Morgan fingerprint density at radius 3 is 2.79 bits per heavy atom. The van der Waals surface area contributed by atoms with Crippen LogP contribution < -0.4 is 9.47 Å². The molecule has 0 fully saturated rings. The zero-order valence-corrected chi connectivity index (χ0v) is 10.5. The molecule has 0 saturated carbocycles. The normalized spacial score (nSPS) is 9.95. The second kappa shape index (κ2) is 5.44. The first kappa shape index (κ1) is 13.0. The van der Waals surface area contributed by atoms with Crippen molar-refractivity contribution in [3.8, 4) is 10.8 Å². The van der Waals surface area contributed by atoms with E-state index in [1.165, 1.54) is 29.9 Å². The minimum Gasteiger partial charge on any atom is -0.394 e. The Bertz CT molecular complexity index is 612. The molecule has 98 valence electrons. The summed E-state index contributed by atoms with van der Waals surface area (Å²) in [6, 6.07) is 3.92. The second-order valence-corrected chi connectivity index (χ2v) is 4.33. The number of hydrogen-bond donors (Lipinski definition) is 0. The summed E-state index contributed by atoms with van der Waals surface area (Å²) in [4.78, 5) is 25.2. The maximum Gasteiger partial charge on any atom is 0.520 e. The van der Waals surface area contributed by atoms with Crippen LogP contribution in [0, 0.1) is 17.0 Å². The zero-order valence-electron chi connectivity index (χ0n) is 9.73. The molecule has 0 unspecified atom stereocenters. The van der Waals surface area contributed by atoms with E-state index in [1.54, 1.807) is 6.92 Å². The van der Waals surface area contributed by atoms with Gasteiger partial charge in [-0.25, -0.2) is 9.78 Å². The Morgan fingerprint density at radius 2 is 2.21 bits per heavy atom. The Hall–Kier alpha value is -2.48. The number of hydrogen-bond acceptors (Lipinski definition) is 7. The van der Waals surface area contributed by atoms with Crippen LogP contribution in [-0.4, -0.2) is 16.1 Å². The van der Waals surface area contributed by atoms with E-state index >= 15 is 0 Å². The van der Waals surface area contributed by atoms with Crippen molar-refractivity contribution in [1.82, 2.24) is 4.98 Å². The zero-order chi connectivity index (χ0) is 13.8. The van der Waals surface area contributed by atoms with E-state index in [9.17, 15) is 14.9 Å². The number of non-ortho nitro benzene ring substituents is 1. The molecular formula is C11H8N2O5S. The number of nitrogens with zero attached hydrogens (tertiary/aromatic N) is 2. The molecule has 2 aromatic rings. The van der Waals surface area contributed by atoms with Gasteiger partial charge in [0, 0.05) is 12.1 Å². The van der Waals surface area contributed by atoms with Gasteiger partial charge in [0.1, 0.15) is 5.75 Å². The molecular weight excluding hydrogens is 272 g/mol. The third-order valence-electron chi connectivity index (χ3n) is 2.16. The summed E-state index contributed by atoms with van der Waals surface area (Å²) in [5.74, 6) is 0.208. The first-order valence-corrected chi connectivity index (χ1v) is 5.97. The predicted molar refractivity (Wildman–Crippen MR) is 66.6 cm³/mol. The number of rotatable bonds is 3. The molecule has 1 heterocycles. The molecule has 0 bridgehead atoms. The molecule has 1 aromatic heterocycles. The summed E-state index contributed by atoms with van der Waals surface area (Å²) in [6.45, 7) is 1.60. The Balaban J connectivity index is 2.07. The molecule has 0 radical (unpaired) electrons. The minimum absolute atomic E-state index is 0.0688. The molecule has 0 aliphatic rings. The number of benzene rings is 1. The van der Waals surface area contributed by atoms with Crippen molar-refractivity contribution < 1.29 is 19.2 Å². The van der Waals surface area contributed by atoms with Gasteiger partial charge in [-0.15, -0.1) is 0 Å². The number of thiazole rings is 1. The molecule has 0 aliphatic carbocycles. The average molecular weight is 280 g/mol. The van der Waals surface area contributed by atoms with Crippen LogP contribution in [0.2, 0.25) is 0 Å². The molecule has 19 heavy (non-hydrogen) atoms. The van der Waals surface area contributed by atoms with E-state index in [1.807, 2.05) is 0 Å². The highest BCUT2D eigenvalue weighted by Gasteiger charge is 2.13. The van der Waals surface area contributed by atoms with Crippen molar-refractivity contribution in [3.05, 3.63) is 45.6 Å². The topological polar surface area (TPSA) is 91.6 Å². The summed E-state index contributed by atoms with van der Waals surface area (Å²) in [6.07, 6.45) is 0.468. The van der Waals surface area contributed by atoms with Gasteiger partial charge in [-0.1, -0.05) is 11.3 Å². The SMILES string of the molecule is Cc1cc([N+](=O)[O-])ccc1OC(=O)Oc1cncs1. The average Bonchev–Trinajstić information content (AvgIpc) is 2.84. The van der Waals surface area contributed by atoms with Crippen LogP contribution in [0.3, 0.4) is 0 Å². The Morgan fingerprint density at radius 1 is 1.42 bits per heavy atom. The smallest absolute Gasteiger partial charge is 0.394 e. The van der Waals surface area contributed by atoms with Crippen molar-refractivity contribution in [2.24, 2.45) is 0 Å². The number of carbonyl (C=O) groups is 1. The van der Waals surface area contributed by atoms with Gasteiger partial charge in [-0.05, 0) is 18.6 Å². The molecule has 0 atom stereocenters. The van der Waals surface area contributed by atoms with E-state index < -0.39 is 11.1 Å². The molecule has 0 amide bonds. The third kappa shape index (κ3) is 3.26. The molecule has 0 spiro atoms. The van der Waals surface area contributed by atoms with Gasteiger partial charge in [0.15, 0.2) is 0 Å². The van der Waals surface area contributed by atoms with Gasteiger partial charge in [0.2, 0.25) is 5.06 Å². The number of aromatic nitrogens is 1.